The highest BCUT2D eigenvalue weighted by Crippen LogP contribution is 2.44. The van der Waals surface area contributed by atoms with E-state index in [0.717, 1.165) is 35.1 Å². The molecule has 1 fully saturated rings. The maximum absolute atomic E-state index is 12.8. The van der Waals surface area contributed by atoms with Crippen molar-refractivity contribution in [3.8, 4) is 11.1 Å². The third kappa shape index (κ3) is 6.19. The number of benzene rings is 2. The molecule has 35 heavy (non-hydrogen) atoms. The zero-order chi connectivity index (χ0) is 24.9. The minimum atomic E-state index is -0.911. The first kappa shape index (κ1) is 24.7. The number of fused-ring (bicyclic) bond motifs is 3. The van der Waals surface area contributed by atoms with Crippen LogP contribution >= 0.6 is 0 Å². The lowest BCUT2D eigenvalue weighted by Crippen LogP contribution is -2.52. The third-order valence-electron chi connectivity index (χ3n) is 6.69. The van der Waals surface area contributed by atoms with Crippen LogP contribution < -0.4 is 10.6 Å². The summed E-state index contributed by atoms with van der Waals surface area (Å²) < 4.78 is 5.58. The summed E-state index contributed by atoms with van der Waals surface area (Å²) in [6.45, 7) is 0.454. The van der Waals surface area contributed by atoms with E-state index in [4.69, 9.17) is 4.74 Å². The molecule has 2 amide bonds. The summed E-state index contributed by atoms with van der Waals surface area (Å²) in [6, 6.07) is 15.3. The smallest absolute Gasteiger partial charge is 0.407 e. The highest BCUT2D eigenvalue weighted by atomic mass is 16.5. The fourth-order valence-electron chi connectivity index (χ4n) is 4.72. The molecule has 0 spiro atoms. The number of hydrogen-bond acceptors (Lipinski definition) is 5. The van der Waals surface area contributed by atoms with E-state index in [0.29, 0.717) is 12.3 Å². The molecule has 2 aromatic carbocycles. The number of hydrogen-bond donors (Lipinski definition) is 3. The number of carbonyl (C=O) groups is 3. The lowest BCUT2D eigenvalue weighted by molar-refractivity contribution is -0.142. The maximum Gasteiger partial charge on any atom is 0.407 e. The molecule has 2 aliphatic carbocycles. The Morgan fingerprint density at radius 3 is 2.17 bits per heavy atom. The number of nitrogens with zero attached hydrogens (tertiary/aromatic N) is 1. The fraction of sp³-hybridized carbons (Fsp3) is 0.444. The topological polar surface area (TPSA) is 108 Å². The number of carbonyl (C=O) groups excluding carboxylic acids is 2. The van der Waals surface area contributed by atoms with Crippen LogP contribution in [-0.4, -0.2) is 67.8 Å². The van der Waals surface area contributed by atoms with E-state index >= 15 is 0 Å². The predicted molar refractivity (Wildman–Crippen MR) is 132 cm³/mol. The summed E-state index contributed by atoms with van der Waals surface area (Å²) in [5, 5.41) is 14.8. The van der Waals surface area contributed by atoms with Crippen LogP contribution in [-0.2, 0) is 14.3 Å². The Labute approximate surface area is 205 Å². The van der Waals surface area contributed by atoms with Crippen molar-refractivity contribution in [3.05, 3.63) is 59.7 Å². The van der Waals surface area contributed by atoms with Crippen LogP contribution in [0.4, 0.5) is 4.79 Å². The van der Waals surface area contributed by atoms with Crippen LogP contribution in [0.2, 0.25) is 0 Å². The standard InChI is InChI=1S/C27H33N3O5/c1-30(2)15-24(25(31)28-14-18(26(32)33)13-17-11-12-17)29-27(34)35-16-23-21-9-5-3-7-19(21)20-8-4-6-10-22(20)23/h3-10,17-18,23-24H,11-16H2,1-2H3,(H,28,31)(H,29,34)(H,32,33). The van der Waals surface area contributed by atoms with E-state index < -0.39 is 29.9 Å². The van der Waals surface area contributed by atoms with Gasteiger partial charge in [0.1, 0.15) is 12.6 Å². The zero-order valence-electron chi connectivity index (χ0n) is 20.2. The molecule has 3 N–H and O–H groups in total. The van der Waals surface area contributed by atoms with E-state index in [2.05, 4.69) is 22.8 Å². The van der Waals surface area contributed by atoms with Crippen LogP contribution in [0, 0.1) is 11.8 Å². The SMILES string of the molecule is CN(C)CC(NC(=O)OCC1c2ccccc2-c2ccccc21)C(=O)NCC(CC1CC1)C(=O)O. The van der Waals surface area contributed by atoms with Gasteiger partial charge in [0.15, 0.2) is 0 Å². The van der Waals surface area contributed by atoms with Gasteiger partial charge in [-0.25, -0.2) is 4.79 Å². The highest BCUT2D eigenvalue weighted by molar-refractivity contribution is 5.86. The van der Waals surface area contributed by atoms with Crippen molar-refractivity contribution in [2.75, 3.05) is 33.8 Å². The van der Waals surface area contributed by atoms with Gasteiger partial charge in [-0.05, 0) is 48.7 Å². The summed E-state index contributed by atoms with van der Waals surface area (Å²) in [5.41, 5.74) is 4.50. The molecule has 0 heterocycles. The first-order valence-corrected chi connectivity index (χ1v) is 12.1. The number of rotatable bonds is 11. The highest BCUT2D eigenvalue weighted by Gasteiger charge is 2.32. The van der Waals surface area contributed by atoms with Crippen molar-refractivity contribution in [1.82, 2.24) is 15.5 Å². The summed E-state index contributed by atoms with van der Waals surface area (Å²) in [6.07, 6.45) is 1.98. The van der Waals surface area contributed by atoms with Crippen LogP contribution in [0.15, 0.2) is 48.5 Å². The molecule has 2 atom stereocenters. The lowest BCUT2D eigenvalue weighted by atomic mass is 9.98. The van der Waals surface area contributed by atoms with Crippen LogP contribution in [0.25, 0.3) is 11.1 Å². The van der Waals surface area contributed by atoms with E-state index in [9.17, 15) is 19.5 Å². The molecule has 1 saturated carbocycles. The third-order valence-corrected chi connectivity index (χ3v) is 6.69. The Morgan fingerprint density at radius 1 is 1.03 bits per heavy atom. The molecular formula is C27H33N3O5. The Morgan fingerprint density at radius 2 is 1.63 bits per heavy atom. The average molecular weight is 480 g/mol. The number of amides is 2. The molecular weight excluding hydrogens is 446 g/mol. The van der Waals surface area contributed by atoms with Gasteiger partial charge in [-0.15, -0.1) is 0 Å². The van der Waals surface area contributed by atoms with Crippen LogP contribution in [0.5, 0.6) is 0 Å². The number of carboxylic acid groups (broad SMARTS) is 1. The summed E-state index contributed by atoms with van der Waals surface area (Å²) in [5.74, 6) is -1.60. The number of nitrogens with one attached hydrogen (secondary N) is 2. The second-order valence-electron chi connectivity index (χ2n) is 9.74. The Bertz CT molecular complexity index is 1040. The van der Waals surface area contributed by atoms with Gasteiger partial charge in [0.2, 0.25) is 5.91 Å². The van der Waals surface area contributed by atoms with Gasteiger partial charge in [-0.3, -0.25) is 9.59 Å². The molecule has 8 heteroatoms. The van der Waals surface area contributed by atoms with Crippen LogP contribution in [0.1, 0.15) is 36.3 Å². The van der Waals surface area contributed by atoms with Gasteiger partial charge in [0.05, 0.1) is 5.92 Å². The predicted octanol–water partition coefficient (Wildman–Crippen LogP) is 3.07. The van der Waals surface area contributed by atoms with E-state index in [-0.39, 0.29) is 25.6 Å². The van der Waals surface area contributed by atoms with Gasteiger partial charge in [-0.1, -0.05) is 61.4 Å². The first-order chi connectivity index (χ1) is 16.8. The van der Waals surface area contributed by atoms with Crippen molar-refractivity contribution >= 4 is 18.0 Å². The minimum Gasteiger partial charge on any atom is -0.481 e. The van der Waals surface area contributed by atoms with Crippen molar-refractivity contribution in [2.24, 2.45) is 11.8 Å². The van der Waals surface area contributed by atoms with Gasteiger partial charge in [-0.2, -0.15) is 0 Å². The number of alkyl carbamates (subject to hydrolysis) is 1. The zero-order valence-corrected chi connectivity index (χ0v) is 20.2. The molecule has 0 saturated heterocycles. The van der Waals surface area contributed by atoms with Gasteiger partial charge in [0.25, 0.3) is 0 Å². The van der Waals surface area contributed by atoms with Crippen molar-refractivity contribution in [2.45, 2.75) is 31.2 Å². The Kier molecular flexibility index (Phi) is 7.70. The van der Waals surface area contributed by atoms with E-state index in [1.54, 1.807) is 19.0 Å². The molecule has 0 bridgehead atoms. The van der Waals surface area contributed by atoms with Crippen molar-refractivity contribution in [3.63, 3.8) is 0 Å². The Balaban J connectivity index is 1.35. The number of carboxylic acids is 1. The molecule has 0 radical (unpaired) electrons. The normalized spacial score (nSPS) is 16.2. The summed E-state index contributed by atoms with van der Waals surface area (Å²) in [4.78, 5) is 38.8. The molecule has 4 rings (SSSR count). The summed E-state index contributed by atoms with van der Waals surface area (Å²) >= 11 is 0. The molecule has 0 aliphatic heterocycles. The van der Waals surface area contributed by atoms with E-state index in [1.807, 2.05) is 36.4 Å². The fourth-order valence-corrected chi connectivity index (χ4v) is 4.72. The minimum absolute atomic E-state index is 0.0426. The quantitative estimate of drug-likeness (QED) is 0.457. The van der Waals surface area contributed by atoms with E-state index in [1.165, 1.54) is 0 Å². The molecule has 186 valence electrons. The largest absolute Gasteiger partial charge is 0.481 e. The Hall–Kier alpha value is -3.39. The van der Waals surface area contributed by atoms with Gasteiger partial charge < -0.3 is 25.4 Å². The number of aliphatic carboxylic acids is 1. The van der Waals surface area contributed by atoms with Crippen molar-refractivity contribution < 1.29 is 24.2 Å². The second-order valence-corrected chi connectivity index (χ2v) is 9.74. The van der Waals surface area contributed by atoms with Crippen LogP contribution in [0.3, 0.4) is 0 Å². The van der Waals surface area contributed by atoms with Gasteiger partial charge >= 0.3 is 12.1 Å². The van der Waals surface area contributed by atoms with Gasteiger partial charge in [0, 0.05) is 19.0 Å². The number of ether oxygens (including phenoxy) is 1. The molecule has 2 aromatic rings. The maximum atomic E-state index is 12.8. The molecule has 2 unspecified atom stereocenters. The summed E-state index contributed by atoms with van der Waals surface area (Å²) in [7, 11) is 3.60. The molecule has 2 aliphatic rings. The number of likely N-dealkylation sites (N-methyl/N-ethyl adjacent to an activating group) is 1. The average Bonchev–Trinajstić information content (AvgIpc) is 3.60. The monoisotopic (exact) mass is 479 g/mol. The lowest BCUT2D eigenvalue weighted by Gasteiger charge is -2.23. The molecule has 0 aromatic heterocycles. The first-order valence-electron chi connectivity index (χ1n) is 12.1. The second kappa shape index (κ2) is 10.9. The molecule has 8 nitrogen and oxygen atoms in total. The van der Waals surface area contributed by atoms with Crippen molar-refractivity contribution in [1.29, 1.82) is 0 Å².